The Hall–Kier alpha value is -2.97. The number of benzene rings is 3. The van der Waals surface area contributed by atoms with Gasteiger partial charge in [0, 0.05) is 6.54 Å². The largest absolute Gasteiger partial charge is 0.495 e. The van der Waals surface area contributed by atoms with E-state index in [2.05, 4.69) is 4.72 Å². The molecule has 152 valence electrons. The van der Waals surface area contributed by atoms with Crippen molar-refractivity contribution in [3.05, 3.63) is 89.5 Å². The molecule has 0 aliphatic carbocycles. The molecule has 5 nitrogen and oxygen atoms in total. The predicted molar refractivity (Wildman–Crippen MR) is 104 cm³/mol. The molecule has 0 aliphatic rings. The van der Waals surface area contributed by atoms with Crippen LogP contribution in [0, 0.1) is 11.6 Å². The van der Waals surface area contributed by atoms with E-state index in [1.54, 1.807) is 36.4 Å². The summed E-state index contributed by atoms with van der Waals surface area (Å²) in [6.45, 7) is 0.297. The molecule has 0 spiro atoms. The molecule has 0 heterocycles. The maximum atomic E-state index is 13.5. The fraction of sp³-hybridized carbons (Fsp3) is 0.143. The molecule has 0 unspecified atom stereocenters. The molecule has 0 saturated carbocycles. The van der Waals surface area contributed by atoms with Crippen molar-refractivity contribution in [1.29, 1.82) is 0 Å². The van der Waals surface area contributed by atoms with Gasteiger partial charge in [-0.2, -0.15) is 0 Å². The summed E-state index contributed by atoms with van der Waals surface area (Å²) in [4.78, 5) is -0.265. The minimum absolute atomic E-state index is 0.0141. The van der Waals surface area contributed by atoms with Gasteiger partial charge in [0.25, 0.3) is 0 Å². The van der Waals surface area contributed by atoms with Crippen LogP contribution in [0.4, 0.5) is 8.78 Å². The lowest BCUT2D eigenvalue weighted by atomic mass is 10.2. The molecule has 29 heavy (non-hydrogen) atoms. The van der Waals surface area contributed by atoms with Crippen molar-refractivity contribution in [3.8, 4) is 11.5 Å². The average Bonchev–Trinajstić information content (AvgIpc) is 2.72. The van der Waals surface area contributed by atoms with Gasteiger partial charge in [-0.1, -0.05) is 24.3 Å². The Morgan fingerprint density at radius 2 is 1.48 bits per heavy atom. The second-order valence-electron chi connectivity index (χ2n) is 6.18. The third-order valence-corrected chi connectivity index (χ3v) is 5.55. The van der Waals surface area contributed by atoms with Gasteiger partial charge in [0.05, 0.1) is 7.11 Å². The standard InChI is InChI=1S/C21H19F2NO4S/c1-27-20-11-8-18(23)12-21(20)29(25,26)24-13-15-4-9-19(10-5-15)28-14-16-2-6-17(22)7-3-16/h2-12,24H,13-14H2,1H3. The third-order valence-electron chi connectivity index (χ3n) is 4.12. The average molecular weight is 419 g/mol. The molecule has 0 amide bonds. The molecule has 0 atom stereocenters. The number of rotatable bonds is 8. The summed E-state index contributed by atoms with van der Waals surface area (Å²) in [5, 5.41) is 0. The monoisotopic (exact) mass is 419 g/mol. The molecule has 8 heteroatoms. The Labute approximate surface area is 168 Å². The first kappa shape index (κ1) is 20.8. The van der Waals surface area contributed by atoms with Gasteiger partial charge >= 0.3 is 0 Å². The van der Waals surface area contributed by atoms with Gasteiger partial charge in [0.2, 0.25) is 10.0 Å². The van der Waals surface area contributed by atoms with Crippen LogP contribution < -0.4 is 14.2 Å². The second kappa shape index (κ2) is 9.02. The lowest BCUT2D eigenvalue weighted by molar-refractivity contribution is 0.306. The number of hydrogen-bond acceptors (Lipinski definition) is 4. The fourth-order valence-electron chi connectivity index (χ4n) is 2.57. The van der Waals surface area contributed by atoms with Crippen LogP contribution in [0.2, 0.25) is 0 Å². The molecule has 3 aromatic rings. The summed E-state index contributed by atoms with van der Waals surface area (Å²) in [6, 6.07) is 16.1. The van der Waals surface area contributed by atoms with E-state index in [-0.39, 0.29) is 29.6 Å². The van der Waals surface area contributed by atoms with Gasteiger partial charge in [0.1, 0.15) is 34.6 Å². The Balaban J connectivity index is 1.61. The molecule has 1 N–H and O–H groups in total. The van der Waals surface area contributed by atoms with E-state index in [0.29, 0.717) is 11.3 Å². The number of nitrogens with one attached hydrogen (secondary N) is 1. The highest BCUT2D eigenvalue weighted by atomic mass is 32.2. The van der Waals surface area contributed by atoms with Gasteiger partial charge in [-0.15, -0.1) is 0 Å². The van der Waals surface area contributed by atoms with Crippen LogP contribution in [0.5, 0.6) is 11.5 Å². The molecule has 0 radical (unpaired) electrons. The predicted octanol–water partition coefficient (Wildman–Crippen LogP) is 4.03. The Morgan fingerprint density at radius 3 is 2.14 bits per heavy atom. The number of ether oxygens (including phenoxy) is 2. The zero-order chi connectivity index (χ0) is 20.9. The molecule has 0 fully saturated rings. The van der Waals surface area contributed by atoms with Gasteiger partial charge < -0.3 is 9.47 Å². The number of halogens is 2. The molecule has 0 bridgehead atoms. The fourth-order valence-corrected chi connectivity index (χ4v) is 3.76. The molecular weight excluding hydrogens is 400 g/mol. The highest BCUT2D eigenvalue weighted by Gasteiger charge is 2.20. The molecular formula is C21H19F2NO4S. The summed E-state index contributed by atoms with van der Waals surface area (Å²) < 4.78 is 64.4. The van der Waals surface area contributed by atoms with Crippen LogP contribution in [0.25, 0.3) is 0 Å². The van der Waals surface area contributed by atoms with E-state index in [1.807, 2.05) is 0 Å². The van der Waals surface area contributed by atoms with Crippen LogP contribution in [-0.2, 0) is 23.2 Å². The zero-order valence-electron chi connectivity index (χ0n) is 15.6. The van der Waals surface area contributed by atoms with Gasteiger partial charge in [-0.25, -0.2) is 21.9 Å². The van der Waals surface area contributed by atoms with E-state index in [0.717, 1.165) is 17.7 Å². The van der Waals surface area contributed by atoms with E-state index in [9.17, 15) is 17.2 Å². The zero-order valence-corrected chi connectivity index (χ0v) is 16.4. The lowest BCUT2D eigenvalue weighted by Crippen LogP contribution is -2.23. The van der Waals surface area contributed by atoms with Crippen molar-refractivity contribution in [2.45, 2.75) is 18.0 Å². The highest BCUT2D eigenvalue weighted by Crippen LogP contribution is 2.24. The second-order valence-corrected chi connectivity index (χ2v) is 7.91. The van der Waals surface area contributed by atoms with Crippen molar-refractivity contribution >= 4 is 10.0 Å². The summed E-state index contributed by atoms with van der Waals surface area (Å²) in [5.74, 6) is -0.332. The minimum Gasteiger partial charge on any atom is -0.495 e. The highest BCUT2D eigenvalue weighted by molar-refractivity contribution is 7.89. The number of sulfonamides is 1. The SMILES string of the molecule is COc1ccc(F)cc1S(=O)(=O)NCc1ccc(OCc2ccc(F)cc2)cc1. The Kier molecular flexibility index (Phi) is 6.46. The Morgan fingerprint density at radius 1 is 0.862 bits per heavy atom. The quantitative estimate of drug-likeness (QED) is 0.599. The van der Waals surface area contributed by atoms with Crippen molar-refractivity contribution in [1.82, 2.24) is 4.72 Å². The van der Waals surface area contributed by atoms with E-state index in [1.165, 1.54) is 25.3 Å². The third kappa shape index (κ3) is 5.52. The molecule has 3 rings (SSSR count). The normalized spacial score (nSPS) is 11.3. The van der Waals surface area contributed by atoms with Crippen molar-refractivity contribution in [3.63, 3.8) is 0 Å². The topological polar surface area (TPSA) is 64.6 Å². The van der Waals surface area contributed by atoms with Crippen LogP contribution in [0.15, 0.2) is 71.6 Å². The van der Waals surface area contributed by atoms with Crippen molar-refractivity contribution < 1.29 is 26.7 Å². The van der Waals surface area contributed by atoms with Crippen molar-refractivity contribution in [2.75, 3.05) is 7.11 Å². The Bertz CT molecular complexity index is 1070. The van der Waals surface area contributed by atoms with Crippen LogP contribution in [-0.4, -0.2) is 15.5 Å². The maximum absolute atomic E-state index is 13.5. The van der Waals surface area contributed by atoms with E-state index in [4.69, 9.17) is 9.47 Å². The number of hydrogen-bond donors (Lipinski definition) is 1. The summed E-state index contributed by atoms with van der Waals surface area (Å²) in [6.07, 6.45) is 0. The van der Waals surface area contributed by atoms with Crippen LogP contribution in [0.1, 0.15) is 11.1 Å². The minimum atomic E-state index is -3.96. The lowest BCUT2D eigenvalue weighted by Gasteiger charge is -2.11. The molecule has 0 saturated heterocycles. The van der Waals surface area contributed by atoms with Crippen LogP contribution in [0.3, 0.4) is 0 Å². The summed E-state index contributed by atoms with van der Waals surface area (Å²) in [7, 11) is -2.64. The maximum Gasteiger partial charge on any atom is 0.244 e. The first-order valence-corrected chi connectivity index (χ1v) is 10.1. The van der Waals surface area contributed by atoms with Crippen LogP contribution >= 0.6 is 0 Å². The van der Waals surface area contributed by atoms with E-state index < -0.39 is 15.8 Å². The first-order chi connectivity index (χ1) is 13.9. The summed E-state index contributed by atoms with van der Waals surface area (Å²) in [5.41, 5.74) is 1.52. The molecule has 3 aromatic carbocycles. The van der Waals surface area contributed by atoms with Gasteiger partial charge in [-0.05, 0) is 53.6 Å². The van der Waals surface area contributed by atoms with Crippen molar-refractivity contribution in [2.24, 2.45) is 0 Å². The van der Waals surface area contributed by atoms with E-state index >= 15 is 0 Å². The first-order valence-electron chi connectivity index (χ1n) is 8.67. The number of methoxy groups -OCH3 is 1. The van der Waals surface area contributed by atoms with Gasteiger partial charge in [0.15, 0.2) is 0 Å². The molecule has 0 aliphatic heterocycles. The van der Waals surface area contributed by atoms with Gasteiger partial charge in [-0.3, -0.25) is 0 Å². The smallest absolute Gasteiger partial charge is 0.244 e. The summed E-state index contributed by atoms with van der Waals surface area (Å²) >= 11 is 0. The molecule has 0 aromatic heterocycles.